The standard InChI is InChI=1S/C13H23BrN2O2S2/c1-9(2)6-11(16(4)5)8-15-20(17,18)12-7-13(14)19-10(12)3/h7,9,11,15H,6,8H2,1-5H3. The zero-order valence-corrected chi connectivity index (χ0v) is 15.8. The number of hydrogen-bond donors (Lipinski definition) is 1. The highest BCUT2D eigenvalue weighted by Gasteiger charge is 2.22. The van der Waals surface area contributed by atoms with Gasteiger partial charge in [-0.1, -0.05) is 13.8 Å². The summed E-state index contributed by atoms with van der Waals surface area (Å²) in [5.41, 5.74) is 0. The van der Waals surface area contributed by atoms with Gasteiger partial charge in [0.05, 0.1) is 8.68 Å². The SMILES string of the molecule is Cc1sc(Br)cc1S(=O)(=O)NCC(CC(C)C)N(C)C. The number of likely N-dealkylation sites (N-methyl/N-ethyl adjacent to an activating group) is 1. The Balaban J connectivity index is 2.78. The fourth-order valence-electron chi connectivity index (χ4n) is 2.00. The molecule has 1 aromatic heterocycles. The number of aryl methyl sites for hydroxylation is 1. The lowest BCUT2D eigenvalue weighted by Crippen LogP contribution is -2.41. The van der Waals surface area contributed by atoms with Crippen molar-refractivity contribution in [3.63, 3.8) is 0 Å². The average Bonchev–Trinajstić information content (AvgIpc) is 2.63. The number of rotatable bonds is 7. The fraction of sp³-hybridized carbons (Fsp3) is 0.692. The summed E-state index contributed by atoms with van der Waals surface area (Å²) in [5, 5.41) is 0. The maximum Gasteiger partial charge on any atom is 0.241 e. The zero-order valence-electron chi connectivity index (χ0n) is 12.6. The van der Waals surface area contributed by atoms with Crippen molar-refractivity contribution >= 4 is 37.3 Å². The van der Waals surface area contributed by atoms with Crippen LogP contribution in [0.5, 0.6) is 0 Å². The number of halogens is 1. The van der Waals surface area contributed by atoms with Crippen LogP contribution in [0.4, 0.5) is 0 Å². The van der Waals surface area contributed by atoms with Crippen LogP contribution in [0.15, 0.2) is 14.7 Å². The molecule has 20 heavy (non-hydrogen) atoms. The van der Waals surface area contributed by atoms with E-state index in [2.05, 4.69) is 39.4 Å². The van der Waals surface area contributed by atoms with Crippen LogP contribution < -0.4 is 4.72 Å². The Bertz CT molecular complexity index is 539. The van der Waals surface area contributed by atoms with E-state index in [1.807, 2.05) is 21.0 Å². The minimum absolute atomic E-state index is 0.201. The second kappa shape index (κ2) is 7.35. The predicted octanol–water partition coefficient (Wildman–Crippen LogP) is 3.07. The topological polar surface area (TPSA) is 49.4 Å². The molecule has 1 rings (SSSR count). The number of nitrogens with one attached hydrogen (secondary N) is 1. The van der Waals surface area contributed by atoms with Crippen LogP contribution in [0.25, 0.3) is 0 Å². The van der Waals surface area contributed by atoms with Gasteiger partial charge >= 0.3 is 0 Å². The molecule has 1 aromatic rings. The highest BCUT2D eigenvalue weighted by molar-refractivity contribution is 9.11. The largest absolute Gasteiger partial charge is 0.305 e. The van der Waals surface area contributed by atoms with Crippen molar-refractivity contribution in [3.05, 3.63) is 14.7 Å². The van der Waals surface area contributed by atoms with Gasteiger partial charge in [0.1, 0.15) is 0 Å². The summed E-state index contributed by atoms with van der Waals surface area (Å²) in [5.74, 6) is 0.531. The molecule has 7 heteroatoms. The first-order valence-electron chi connectivity index (χ1n) is 6.55. The molecule has 0 aliphatic carbocycles. The van der Waals surface area contributed by atoms with Crippen LogP contribution in [0, 0.1) is 12.8 Å². The fourth-order valence-corrected chi connectivity index (χ4v) is 5.49. The lowest BCUT2D eigenvalue weighted by atomic mass is 10.0. The van der Waals surface area contributed by atoms with Gasteiger partial charge in [0.25, 0.3) is 0 Å². The van der Waals surface area contributed by atoms with Gasteiger partial charge in [-0.2, -0.15) is 0 Å². The summed E-state index contributed by atoms with van der Waals surface area (Å²) >= 11 is 4.76. The second-order valence-corrected chi connectivity index (χ2v) is 9.94. The van der Waals surface area contributed by atoms with Crippen LogP contribution in [-0.2, 0) is 10.0 Å². The molecule has 0 aliphatic heterocycles. The van der Waals surface area contributed by atoms with Gasteiger partial charge in [-0.25, -0.2) is 13.1 Å². The van der Waals surface area contributed by atoms with Crippen molar-refractivity contribution in [2.45, 2.75) is 38.1 Å². The Labute approximate surface area is 134 Å². The molecule has 0 saturated heterocycles. The summed E-state index contributed by atoms with van der Waals surface area (Å²) in [6, 6.07) is 1.86. The van der Waals surface area contributed by atoms with Crippen molar-refractivity contribution in [2.24, 2.45) is 5.92 Å². The van der Waals surface area contributed by atoms with Crippen LogP contribution in [0.2, 0.25) is 0 Å². The Morgan fingerprint density at radius 3 is 2.40 bits per heavy atom. The van der Waals surface area contributed by atoms with Crippen molar-refractivity contribution in [3.8, 4) is 0 Å². The molecular formula is C13H23BrN2O2S2. The van der Waals surface area contributed by atoms with E-state index in [1.54, 1.807) is 6.07 Å². The molecule has 0 spiro atoms. The normalized spacial score (nSPS) is 14.2. The van der Waals surface area contributed by atoms with Crippen LogP contribution >= 0.6 is 27.3 Å². The molecular weight excluding hydrogens is 360 g/mol. The highest BCUT2D eigenvalue weighted by Crippen LogP contribution is 2.29. The van der Waals surface area contributed by atoms with Crippen LogP contribution in [0.3, 0.4) is 0 Å². The maximum atomic E-state index is 12.3. The summed E-state index contributed by atoms with van der Waals surface area (Å²) < 4.78 is 28.2. The van der Waals surface area contributed by atoms with E-state index in [-0.39, 0.29) is 6.04 Å². The number of sulfonamides is 1. The van der Waals surface area contributed by atoms with E-state index >= 15 is 0 Å². The second-order valence-electron chi connectivity index (χ2n) is 5.57. The van der Waals surface area contributed by atoms with Gasteiger partial charge in [0.2, 0.25) is 10.0 Å². The molecule has 116 valence electrons. The molecule has 0 aliphatic rings. The first-order chi connectivity index (χ1) is 9.13. The third-order valence-electron chi connectivity index (χ3n) is 3.11. The van der Waals surface area contributed by atoms with Gasteiger partial charge < -0.3 is 4.90 Å². The lowest BCUT2D eigenvalue weighted by molar-refractivity contribution is 0.255. The minimum Gasteiger partial charge on any atom is -0.305 e. The Kier molecular flexibility index (Phi) is 6.66. The Hall–Kier alpha value is 0.0500. The van der Waals surface area contributed by atoms with Crippen molar-refractivity contribution in [1.29, 1.82) is 0 Å². The quantitative estimate of drug-likeness (QED) is 0.787. The van der Waals surface area contributed by atoms with Crippen molar-refractivity contribution in [2.75, 3.05) is 20.6 Å². The third-order valence-corrected chi connectivity index (χ3v) is 6.35. The molecule has 0 bridgehead atoms. The molecule has 1 unspecified atom stereocenters. The van der Waals surface area contributed by atoms with E-state index in [9.17, 15) is 8.42 Å². The molecule has 4 nitrogen and oxygen atoms in total. The van der Waals surface area contributed by atoms with Gasteiger partial charge in [0, 0.05) is 17.5 Å². The molecule has 0 saturated carbocycles. The van der Waals surface area contributed by atoms with Gasteiger partial charge in [-0.05, 0) is 55.4 Å². The number of thiophene rings is 1. The van der Waals surface area contributed by atoms with E-state index in [0.717, 1.165) is 15.1 Å². The van der Waals surface area contributed by atoms with Crippen LogP contribution in [0.1, 0.15) is 25.1 Å². The predicted molar refractivity (Wildman–Crippen MR) is 88.9 cm³/mol. The maximum absolute atomic E-state index is 12.3. The molecule has 0 radical (unpaired) electrons. The Morgan fingerprint density at radius 2 is 2.00 bits per heavy atom. The van der Waals surface area contributed by atoms with Crippen molar-refractivity contribution < 1.29 is 8.42 Å². The summed E-state index contributed by atoms with van der Waals surface area (Å²) in [6.45, 7) is 6.54. The average molecular weight is 383 g/mol. The first kappa shape index (κ1) is 18.1. The number of hydrogen-bond acceptors (Lipinski definition) is 4. The molecule has 1 N–H and O–H groups in total. The van der Waals surface area contributed by atoms with E-state index < -0.39 is 10.0 Å². The lowest BCUT2D eigenvalue weighted by Gasteiger charge is -2.26. The molecule has 1 atom stereocenters. The van der Waals surface area contributed by atoms with Crippen LogP contribution in [-0.4, -0.2) is 40.0 Å². The van der Waals surface area contributed by atoms with E-state index in [4.69, 9.17) is 0 Å². The molecule has 0 amide bonds. The van der Waals surface area contributed by atoms with Gasteiger partial charge in [0.15, 0.2) is 0 Å². The number of nitrogens with zero attached hydrogens (tertiary/aromatic N) is 1. The third kappa shape index (κ3) is 5.11. The zero-order chi connectivity index (χ0) is 15.5. The Morgan fingerprint density at radius 1 is 1.40 bits per heavy atom. The molecule has 1 heterocycles. The van der Waals surface area contributed by atoms with E-state index in [0.29, 0.717) is 17.4 Å². The van der Waals surface area contributed by atoms with E-state index in [1.165, 1.54) is 11.3 Å². The van der Waals surface area contributed by atoms with Crippen molar-refractivity contribution in [1.82, 2.24) is 9.62 Å². The van der Waals surface area contributed by atoms with Gasteiger partial charge in [-0.15, -0.1) is 11.3 Å². The summed E-state index contributed by atoms with van der Waals surface area (Å²) in [4.78, 5) is 3.24. The molecule has 0 fully saturated rings. The highest BCUT2D eigenvalue weighted by atomic mass is 79.9. The molecule has 0 aromatic carbocycles. The first-order valence-corrected chi connectivity index (χ1v) is 9.64. The summed E-state index contributed by atoms with van der Waals surface area (Å²) in [6.07, 6.45) is 0.960. The van der Waals surface area contributed by atoms with Gasteiger partial charge in [-0.3, -0.25) is 0 Å². The minimum atomic E-state index is -3.43. The smallest absolute Gasteiger partial charge is 0.241 e. The monoisotopic (exact) mass is 382 g/mol. The summed E-state index contributed by atoms with van der Waals surface area (Å²) in [7, 11) is 0.529.